The first-order chi connectivity index (χ1) is 9.13. The summed E-state index contributed by atoms with van der Waals surface area (Å²) in [7, 11) is 1.60. The number of hydrogen-bond acceptors (Lipinski definition) is 4. The Bertz CT molecular complexity index is 433. The molecule has 1 aliphatic heterocycles. The van der Waals surface area contributed by atoms with Gasteiger partial charge in [-0.05, 0) is 31.2 Å². The zero-order valence-corrected chi connectivity index (χ0v) is 11.3. The van der Waals surface area contributed by atoms with E-state index in [2.05, 4.69) is 0 Å². The molecule has 2 unspecified atom stereocenters. The minimum Gasteiger partial charge on any atom is -0.497 e. The lowest BCUT2D eigenvalue weighted by Crippen LogP contribution is -2.51. The summed E-state index contributed by atoms with van der Waals surface area (Å²) >= 11 is 0. The lowest BCUT2D eigenvalue weighted by Gasteiger charge is -2.36. The molecular weight excluding hydrogens is 244 g/mol. The fourth-order valence-corrected chi connectivity index (χ4v) is 2.26. The first-order valence-corrected chi connectivity index (χ1v) is 6.43. The maximum Gasteiger partial charge on any atom is 0.254 e. The van der Waals surface area contributed by atoms with E-state index in [0.717, 1.165) is 5.75 Å². The summed E-state index contributed by atoms with van der Waals surface area (Å²) in [5.41, 5.74) is 6.28. The number of nitrogens with two attached hydrogens (primary N) is 1. The van der Waals surface area contributed by atoms with E-state index < -0.39 is 0 Å². The first-order valence-electron chi connectivity index (χ1n) is 6.43. The van der Waals surface area contributed by atoms with Crippen LogP contribution in [0.25, 0.3) is 0 Å². The second kappa shape index (κ2) is 6.04. The molecule has 2 N–H and O–H groups in total. The smallest absolute Gasteiger partial charge is 0.254 e. The Hall–Kier alpha value is -1.59. The standard InChI is InChI=1S/C14H20N2O3/c1-10-8-16(9-13(7-15)19-10)14(17)11-3-5-12(18-2)6-4-11/h3-6,10,13H,7-9,15H2,1-2H3. The normalized spacial score (nSPS) is 23.2. The Balaban J connectivity index is 2.09. The Morgan fingerprint density at radius 3 is 2.68 bits per heavy atom. The van der Waals surface area contributed by atoms with Crippen LogP contribution >= 0.6 is 0 Å². The van der Waals surface area contributed by atoms with E-state index >= 15 is 0 Å². The summed E-state index contributed by atoms with van der Waals surface area (Å²) in [6.45, 7) is 3.53. The van der Waals surface area contributed by atoms with E-state index in [-0.39, 0.29) is 18.1 Å². The monoisotopic (exact) mass is 264 g/mol. The first kappa shape index (κ1) is 13.8. The molecule has 0 aromatic heterocycles. The van der Waals surface area contributed by atoms with Gasteiger partial charge in [-0.25, -0.2) is 0 Å². The van der Waals surface area contributed by atoms with Crippen LogP contribution in [0.15, 0.2) is 24.3 Å². The molecule has 1 fully saturated rings. The van der Waals surface area contributed by atoms with Gasteiger partial charge in [-0.15, -0.1) is 0 Å². The van der Waals surface area contributed by atoms with Crippen molar-refractivity contribution >= 4 is 5.91 Å². The predicted octanol–water partition coefficient (Wildman–Crippen LogP) is 0.883. The van der Waals surface area contributed by atoms with Crippen molar-refractivity contribution in [3.05, 3.63) is 29.8 Å². The highest BCUT2D eigenvalue weighted by atomic mass is 16.5. The molecule has 0 bridgehead atoms. The predicted molar refractivity (Wildman–Crippen MR) is 72.3 cm³/mol. The lowest BCUT2D eigenvalue weighted by molar-refractivity contribution is -0.0625. The summed E-state index contributed by atoms with van der Waals surface area (Å²) in [5, 5.41) is 0. The number of ether oxygens (including phenoxy) is 2. The number of amides is 1. The molecule has 2 rings (SSSR count). The van der Waals surface area contributed by atoms with Crippen molar-refractivity contribution in [3.63, 3.8) is 0 Å². The second-order valence-electron chi connectivity index (χ2n) is 4.74. The van der Waals surface area contributed by atoms with E-state index in [1.54, 1.807) is 36.3 Å². The number of rotatable bonds is 3. The largest absolute Gasteiger partial charge is 0.497 e. The SMILES string of the molecule is COc1ccc(C(=O)N2CC(C)OC(CN)C2)cc1. The number of hydrogen-bond donors (Lipinski definition) is 1. The molecule has 0 radical (unpaired) electrons. The number of nitrogens with zero attached hydrogens (tertiary/aromatic N) is 1. The highest BCUT2D eigenvalue weighted by Crippen LogP contribution is 2.16. The topological polar surface area (TPSA) is 64.8 Å². The van der Waals surface area contributed by atoms with Crippen LogP contribution in [0.1, 0.15) is 17.3 Å². The quantitative estimate of drug-likeness (QED) is 0.880. The van der Waals surface area contributed by atoms with E-state index in [0.29, 0.717) is 25.2 Å². The van der Waals surface area contributed by atoms with Crippen molar-refractivity contribution in [2.24, 2.45) is 5.73 Å². The van der Waals surface area contributed by atoms with Gasteiger partial charge in [0.05, 0.1) is 19.3 Å². The third-order valence-electron chi connectivity index (χ3n) is 3.21. The number of morpholine rings is 1. The van der Waals surface area contributed by atoms with Gasteiger partial charge in [0.15, 0.2) is 0 Å². The molecule has 1 saturated heterocycles. The maximum absolute atomic E-state index is 12.4. The van der Waals surface area contributed by atoms with Crippen molar-refractivity contribution in [1.29, 1.82) is 0 Å². The average Bonchev–Trinajstić information content (AvgIpc) is 2.46. The van der Waals surface area contributed by atoms with Crippen LogP contribution in [0.3, 0.4) is 0 Å². The Morgan fingerprint density at radius 2 is 2.11 bits per heavy atom. The third-order valence-corrected chi connectivity index (χ3v) is 3.21. The van der Waals surface area contributed by atoms with Crippen molar-refractivity contribution in [3.8, 4) is 5.75 Å². The van der Waals surface area contributed by atoms with Gasteiger partial charge in [-0.2, -0.15) is 0 Å². The van der Waals surface area contributed by atoms with Crippen LogP contribution < -0.4 is 10.5 Å². The summed E-state index contributed by atoms with van der Waals surface area (Å²) in [4.78, 5) is 14.2. The minimum atomic E-state index is -0.0778. The Morgan fingerprint density at radius 1 is 1.42 bits per heavy atom. The van der Waals surface area contributed by atoms with E-state index in [1.165, 1.54) is 0 Å². The molecule has 1 aliphatic rings. The summed E-state index contributed by atoms with van der Waals surface area (Å²) in [6.07, 6.45) is -0.0598. The van der Waals surface area contributed by atoms with Gasteiger partial charge in [0, 0.05) is 25.2 Å². The van der Waals surface area contributed by atoms with Gasteiger partial charge in [0.25, 0.3) is 5.91 Å². The number of methoxy groups -OCH3 is 1. The minimum absolute atomic E-state index is 0.0104. The number of benzene rings is 1. The van der Waals surface area contributed by atoms with Gasteiger partial charge >= 0.3 is 0 Å². The molecule has 1 heterocycles. The molecular formula is C14H20N2O3. The maximum atomic E-state index is 12.4. The van der Waals surface area contributed by atoms with Crippen molar-refractivity contribution in [1.82, 2.24) is 4.90 Å². The fraction of sp³-hybridized carbons (Fsp3) is 0.500. The summed E-state index contributed by atoms with van der Waals surface area (Å²) in [6, 6.07) is 7.13. The summed E-state index contributed by atoms with van der Waals surface area (Å²) in [5.74, 6) is 0.753. The lowest BCUT2D eigenvalue weighted by atomic mass is 10.1. The molecule has 0 spiro atoms. The van der Waals surface area contributed by atoms with Crippen molar-refractivity contribution in [2.75, 3.05) is 26.7 Å². The zero-order chi connectivity index (χ0) is 13.8. The van der Waals surface area contributed by atoms with Gasteiger partial charge < -0.3 is 20.1 Å². The number of carbonyl (C=O) groups excluding carboxylic acids is 1. The van der Waals surface area contributed by atoms with E-state index in [4.69, 9.17) is 15.2 Å². The van der Waals surface area contributed by atoms with Crippen molar-refractivity contribution < 1.29 is 14.3 Å². The fourth-order valence-electron chi connectivity index (χ4n) is 2.26. The Kier molecular flexibility index (Phi) is 4.39. The number of carbonyl (C=O) groups is 1. The molecule has 0 aliphatic carbocycles. The van der Waals surface area contributed by atoms with Crippen molar-refractivity contribution in [2.45, 2.75) is 19.1 Å². The van der Waals surface area contributed by atoms with Crippen LogP contribution in [0, 0.1) is 0 Å². The molecule has 5 heteroatoms. The molecule has 1 aromatic carbocycles. The van der Waals surface area contributed by atoms with Crippen LogP contribution in [-0.2, 0) is 4.74 Å². The third kappa shape index (κ3) is 3.24. The van der Waals surface area contributed by atoms with Gasteiger partial charge in [-0.1, -0.05) is 0 Å². The highest BCUT2D eigenvalue weighted by molar-refractivity contribution is 5.94. The highest BCUT2D eigenvalue weighted by Gasteiger charge is 2.28. The summed E-state index contributed by atoms with van der Waals surface area (Å²) < 4.78 is 10.7. The molecule has 19 heavy (non-hydrogen) atoms. The van der Waals surface area contributed by atoms with Crippen LogP contribution in [0.5, 0.6) is 5.75 Å². The Labute approximate surface area is 113 Å². The van der Waals surface area contributed by atoms with Crippen LogP contribution in [-0.4, -0.2) is 49.8 Å². The molecule has 0 saturated carbocycles. The van der Waals surface area contributed by atoms with E-state index in [9.17, 15) is 4.79 Å². The molecule has 104 valence electrons. The van der Waals surface area contributed by atoms with Gasteiger partial charge in [0.1, 0.15) is 5.75 Å². The van der Waals surface area contributed by atoms with Gasteiger partial charge in [0.2, 0.25) is 0 Å². The van der Waals surface area contributed by atoms with E-state index in [1.807, 2.05) is 6.92 Å². The average molecular weight is 264 g/mol. The second-order valence-corrected chi connectivity index (χ2v) is 4.74. The van der Waals surface area contributed by atoms with Crippen LogP contribution in [0.2, 0.25) is 0 Å². The van der Waals surface area contributed by atoms with Crippen LogP contribution in [0.4, 0.5) is 0 Å². The molecule has 5 nitrogen and oxygen atoms in total. The zero-order valence-electron chi connectivity index (χ0n) is 11.3. The molecule has 1 amide bonds. The molecule has 1 aromatic rings. The molecule has 2 atom stereocenters. The van der Waals surface area contributed by atoms with Gasteiger partial charge in [-0.3, -0.25) is 4.79 Å².